The molecule has 5 nitrogen and oxygen atoms in total. The number of likely N-dealkylation sites (tertiary alicyclic amines) is 1. The van der Waals surface area contributed by atoms with Crippen LogP contribution in [0.2, 0.25) is 0 Å². The van der Waals surface area contributed by atoms with Crippen LogP contribution in [0.15, 0.2) is 54.6 Å². The van der Waals surface area contributed by atoms with Gasteiger partial charge in [-0.05, 0) is 42.7 Å². The smallest absolute Gasteiger partial charge is 0.335 e. The number of rotatable bonds is 3. The van der Waals surface area contributed by atoms with Gasteiger partial charge in [-0.2, -0.15) is 0 Å². The van der Waals surface area contributed by atoms with Gasteiger partial charge in [0.1, 0.15) is 5.69 Å². The lowest BCUT2D eigenvalue weighted by atomic mass is 9.89. The highest BCUT2D eigenvalue weighted by Crippen LogP contribution is 2.29. The van der Waals surface area contributed by atoms with Gasteiger partial charge < -0.3 is 14.6 Å². The molecule has 0 aliphatic carbocycles. The molecule has 0 saturated carbocycles. The largest absolute Gasteiger partial charge is 0.478 e. The number of piperidine rings is 1. The summed E-state index contributed by atoms with van der Waals surface area (Å²) in [5.41, 5.74) is 3.02. The molecule has 1 atom stereocenters. The first-order chi connectivity index (χ1) is 13.0. The molecular weight excluding hydrogens is 340 g/mol. The normalized spacial score (nSPS) is 17.2. The molecule has 1 amide bonds. The van der Waals surface area contributed by atoms with E-state index in [0.29, 0.717) is 17.8 Å². The molecule has 2 aromatic carbocycles. The Morgan fingerprint density at radius 2 is 1.89 bits per heavy atom. The molecule has 1 aromatic heterocycles. The average molecular weight is 362 g/mol. The molecule has 1 N–H and O–H groups in total. The molecule has 0 radical (unpaired) electrons. The zero-order chi connectivity index (χ0) is 19.0. The summed E-state index contributed by atoms with van der Waals surface area (Å²) in [6, 6.07) is 17.0. The van der Waals surface area contributed by atoms with Crippen molar-refractivity contribution >= 4 is 22.8 Å². The van der Waals surface area contributed by atoms with E-state index in [1.165, 1.54) is 0 Å². The quantitative estimate of drug-likeness (QED) is 0.769. The molecule has 2 heterocycles. The number of hydrogen-bond acceptors (Lipinski definition) is 2. The highest BCUT2D eigenvalue weighted by atomic mass is 16.4. The topological polar surface area (TPSA) is 62.5 Å². The Morgan fingerprint density at radius 1 is 1.07 bits per heavy atom. The van der Waals surface area contributed by atoms with E-state index >= 15 is 0 Å². The van der Waals surface area contributed by atoms with Crippen molar-refractivity contribution in [3.63, 3.8) is 0 Å². The van der Waals surface area contributed by atoms with Gasteiger partial charge in [-0.25, -0.2) is 4.79 Å². The fraction of sp³-hybridized carbons (Fsp3) is 0.273. The van der Waals surface area contributed by atoms with Crippen molar-refractivity contribution < 1.29 is 14.7 Å². The van der Waals surface area contributed by atoms with Crippen LogP contribution in [-0.2, 0) is 7.05 Å². The summed E-state index contributed by atoms with van der Waals surface area (Å²) in [5, 5.41) is 10.3. The van der Waals surface area contributed by atoms with Gasteiger partial charge in [0.2, 0.25) is 0 Å². The first-order valence-corrected chi connectivity index (χ1v) is 9.21. The number of carboxylic acids is 1. The maximum absolute atomic E-state index is 13.2. The number of hydrogen-bond donors (Lipinski definition) is 1. The van der Waals surface area contributed by atoms with Crippen LogP contribution in [0.5, 0.6) is 0 Å². The molecule has 27 heavy (non-hydrogen) atoms. The first-order valence-electron chi connectivity index (χ1n) is 9.21. The Morgan fingerprint density at radius 3 is 2.67 bits per heavy atom. The van der Waals surface area contributed by atoms with Crippen LogP contribution in [-0.4, -0.2) is 39.5 Å². The molecule has 1 aliphatic heterocycles. The average Bonchev–Trinajstić information content (AvgIpc) is 3.04. The third-order valence-electron chi connectivity index (χ3n) is 5.48. The van der Waals surface area contributed by atoms with Crippen molar-refractivity contribution in [2.45, 2.75) is 18.8 Å². The molecule has 138 valence electrons. The maximum atomic E-state index is 13.2. The zero-order valence-corrected chi connectivity index (χ0v) is 15.3. The van der Waals surface area contributed by atoms with Gasteiger partial charge in [-0.1, -0.05) is 30.3 Å². The van der Waals surface area contributed by atoms with E-state index in [4.69, 9.17) is 0 Å². The van der Waals surface area contributed by atoms with E-state index in [1.54, 1.807) is 18.2 Å². The van der Waals surface area contributed by atoms with E-state index in [2.05, 4.69) is 0 Å². The Kier molecular flexibility index (Phi) is 4.44. The summed E-state index contributed by atoms with van der Waals surface area (Å²) in [7, 11) is 1.92. The van der Waals surface area contributed by atoms with Gasteiger partial charge in [0.15, 0.2) is 0 Å². The number of carbonyl (C=O) groups is 2. The van der Waals surface area contributed by atoms with Crippen molar-refractivity contribution in [3.8, 4) is 0 Å². The Hall–Kier alpha value is -3.08. The second kappa shape index (κ2) is 6.91. The molecule has 5 heteroatoms. The summed E-state index contributed by atoms with van der Waals surface area (Å²) in [6.07, 6.45) is 1.87. The van der Waals surface area contributed by atoms with Crippen molar-refractivity contribution in [1.29, 1.82) is 0 Å². The number of aryl methyl sites for hydroxylation is 1. The number of carboxylic acid groups (broad SMARTS) is 1. The first kappa shape index (κ1) is 17.3. The molecule has 0 spiro atoms. The second-order valence-corrected chi connectivity index (χ2v) is 7.17. The van der Waals surface area contributed by atoms with Crippen LogP contribution in [0.1, 0.15) is 45.2 Å². The molecule has 1 unspecified atom stereocenters. The molecule has 1 aliphatic rings. The number of fused-ring (bicyclic) bond motifs is 1. The van der Waals surface area contributed by atoms with Crippen molar-refractivity contribution in [3.05, 3.63) is 71.4 Å². The zero-order valence-electron chi connectivity index (χ0n) is 15.3. The molecular formula is C22H22N2O3. The lowest BCUT2D eigenvalue weighted by Crippen LogP contribution is -2.39. The van der Waals surface area contributed by atoms with E-state index < -0.39 is 5.97 Å². The van der Waals surface area contributed by atoms with Crippen LogP contribution >= 0.6 is 0 Å². The van der Waals surface area contributed by atoms with Crippen LogP contribution in [0.3, 0.4) is 0 Å². The second-order valence-electron chi connectivity index (χ2n) is 7.17. The summed E-state index contributed by atoms with van der Waals surface area (Å²) in [6.45, 7) is 1.35. The summed E-state index contributed by atoms with van der Waals surface area (Å²) < 4.78 is 1.95. The van der Waals surface area contributed by atoms with Crippen LogP contribution < -0.4 is 0 Å². The summed E-state index contributed by atoms with van der Waals surface area (Å²) in [5.74, 6) is -0.722. The number of aromatic carboxylic acids is 1. The molecule has 3 aromatic rings. The van der Waals surface area contributed by atoms with E-state index in [0.717, 1.165) is 35.9 Å². The Balaban J connectivity index is 1.59. The van der Waals surface area contributed by atoms with Gasteiger partial charge in [0.25, 0.3) is 5.91 Å². The van der Waals surface area contributed by atoms with Crippen molar-refractivity contribution in [2.75, 3.05) is 13.1 Å². The summed E-state index contributed by atoms with van der Waals surface area (Å²) >= 11 is 0. The van der Waals surface area contributed by atoms with Crippen LogP contribution in [0, 0.1) is 0 Å². The van der Waals surface area contributed by atoms with Gasteiger partial charge in [0, 0.05) is 37.0 Å². The monoisotopic (exact) mass is 362 g/mol. The molecule has 0 bridgehead atoms. The van der Waals surface area contributed by atoms with Gasteiger partial charge in [-0.15, -0.1) is 0 Å². The van der Waals surface area contributed by atoms with Gasteiger partial charge >= 0.3 is 5.97 Å². The molecule has 1 fully saturated rings. The third kappa shape index (κ3) is 3.21. The number of benzene rings is 2. The number of amides is 1. The van der Waals surface area contributed by atoms with Crippen molar-refractivity contribution in [1.82, 2.24) is 9.47 Å². The summed E-state index contributed by atoms with van der Waals surface area (Å²) in [4.78, 5) is 26.3. The third-order valence-corrected chi connectivity index (χ3v) is 5.48. The number of nitrogens with zero attached hydrogens (tertiary/aromatic N) is 2. The van der Waals surface area contributed by atoms with Gasteiger partial charge in [-0.3, -0.25) is 4.79 Å². The van der Waals surface area contributed by atoms with Crippen LogP contribution in [0.25, 0.3) is 10.9 Å². The highest BCUT2D eigenvalue weighted by Gasteiger charge is 2.27. The SMILES string of the molecule is Cn1c(C(=O)N2CCCC(c3cccc(C(=O)O)c3)C2)cc2ccccc21. The number of para-hydroxylation sites is 1. The minimum absolute atomic E-state index is 0.0350. The fourth-order valence-electron chi connectivity index (χ4n) is 4.02. The number of aromatic nitrogens is 1. The van der Waals surface area contributed by atoms with E-state index in [-0.39, 0.29) is 11.8 Å². The Bertz CT molecular complexity index is 1020. The fourth-order valence-corrected chi connectivity index (χ4v) is 4.02. The minimum Gasteiger partial charge on any atom is -0.478 e. The molecule has 4 rings (SSSR count). The van der Waals surface area contributed by atoms with Gasteiger partial charge in [0.05, 0.1) is 5.56 Å². The lowest BCUT2D eigenvalue weighted by molar-refractivity contribution is 0.0684. The van der Waals surface area contributed by atoms with E-state index in [9.17, 15) is 14.7 Å². The maximum Gasteiger partial charge on any atom is 0.335 e. The van der Waals surface area contributed by atoms with E-state index in [1.807, 2.05) is 52.9 Å². The molecule has 1 saturated heterocycles. The lowest BCUT2D eigenvalue weighted by Gasteiger charge is -2.33. The minimum atomic E-state index is -0.920. The predicted octanol–water partition coefficient (Wildman–Crippen LogP) is 3.90. The number of carbonyl (C=O) groups excluding carboxylic acids is 1. The van der Waals surface area contributed by atoms with Crippen molar-refractivity contribution in [2.24, 2.45) is 7.05 Å². The highest BCUT2D eigenvalue weighted by molar-refractivity contribution is 5.98. The predicted molar refractivity (Wildman–Crippen MR) is 104 cm³/mol. The Labute approximate surface area is 157 Å². The standard InChI is InChI=1S/C22H22N2O3/c1-23-19-10-3-2-6-16(19)13-20(23)21(25)24-11-5-9-18(14-24)15-7-4-8-17(12-15)22(26)27/h2-4,6-8,10,12-13,18H,5,9,11,14H2,1H3,(H,26,27). The van der Waals surface area contributed by atoms with Crippen LogP contribution in [0.4, 0.5) is 0 Å².